The summed E-state index contributed by atoms with van der Waals surface area (Å²) in [4.78, 5) is 39.9. The number of carbonyl (C=O) groups excluding carboxylic acids is 2. The third kappa shape index (κ3) is 9.98. The van der Waals surface area contributed by atoms with E-state index < -0.39 is 11.6 Å². The molecule has 0 saturated carbocycles. The van der Waals surface area contributed by atoms with Gasteiger partial charge < -0.3 is 20.7 Å². The summed E-state index contributed by atoms with van der Waals surface area (Å²) in [5.41, 5.74) is 9.62. The SMILES string of the molecule is CCCCCCCOc1ccc(-c2cnc(-c3ccc(CC(NC(=O)c4ccc(C(C)(C)C)s4)C(=O)N4CCC(C)(N)C4)cc3)nc2)cc1. The van der Waals surface area contributed by atoms with Crippen LogP contribution >= 0.6 is 11.3 Å². The quantitative estimate of drug-likeness (QED) is 0.131. The first-order valence-electron chi connectivity index (χ1n) is 17.6. The Morgan fingerprint density at radius 1 is 0.939 bits per heavy atom. The fraction of sp³-hybridized carbons (Fsp3) is 0.450. The molecule has 3 N–H and O–H groups in total. The number of rotatable bonds is 14. The number of amides is 2. The van der Waals surface area contributed by atoms with E-state index in [-0.39, 0.29) is 17.2 Å². The van der Waals surface area contributed by atoms with Crippen molar-refractivity contribution in [3.63, 3.8) is 0 Å². The van der Waals surface area contributed by atoms with Gasteiger partial charge in [-0.25, -0.2) is 9.97 Å². The first-order valence-corrected chi connectivity index (χ1v) is 18.4. The summed E-state index contributed by atoms with van der Waals surface area (Å²) in [6.07, 6.45) is 10.8. The number of nitrogens with two attached hydrogens (primary N) is 1. The van der Waals surface area contributed by atoms with Crippen molar-refractivity contribution >= 4 is 23.2 Å². The monoisotopic (exact) mass is 681 g/mol. The van der Waals surface area contributed by atoms with Gasteiger partial charge >= 0.3 is 0 Å². The second-order valence-corrected chi connectivity index (χ2v) is 15.7. The molecule has 0 radical (unpaired) electrons. The van der Waals surface area contributed by atoms with Crippen LogP contribution < -0.4 is 15.8 Å². The van der Waals surface area contributed by atoms with Gasteiger partial charge in [0.15, 0.2) is 5.82 Å². The maximum atomic E-state index is 13.7. The normalized spacial score (nSPS) is 16.8. The first kappa shape index (κ1) is 36.2. The Balaban J connectivity index is 1.23. The predicted molar refractivity (Wildman–Crippen MR) is 199 cm³/mol. The number of nitrogens with one attached hydrogen (secondary N) is 1. The van der Waals surface area contributed by atoms with Crippen LogP contribution in [-0.2, 0) is 16.6 Å². The van der Waals surface area contributed by atoms with Crippen LogP contribution in [0.25, 0.3) is 22.5 Å². The summed E-state index contributed by atoms with van der Waals surface area (Å²) < 4.78 is 5.91. The van der Waals surface area contributed by atoms with Crippen molar-refractivity contribution in [3.05, 3.63) is 88.4 Å². The summed E-state index contributed by atoms with van der Waals surface area (Å²) in [5.74, 6) is 1.14. The van der Waals surface area contributed by atoms with Gasteiger partial charge in [0.05, 0.1) is 11.5 Å². The zero-order chi connectivity index (χ0) is 35.0. The predicted octanol–water partition coefficient (Wildman–Crippen LogP) is 7.81. The van der Waals surface area contributed by atoms with Gasteiger partial charge in [0.25, 0.3) is 5.91 Å². The van der Waals surface area contributed by atoms with Gasteiger partial charge in [0, 0.05) is 53.4 Å². The van der Waals surface area contributed by atoms with Crippen molar-refractivity contribution < 1.29 is 14.3 Å². The highest BCUT2D eigenvalue weighted by molar-refractivity contribution is 7.14. The molecule has 1 aliphatic heterocycles. The number of carbonyl (C=O) groups is 2. The van der Waals surface area contributed by atoms with Gasteiger partial charge in [-0.15, -0.1) is 11.3 Å². The molecule has 0 bridgehead atoms. The van der Waals surface area contributed by atoms with Crippen LogP contribution in [0, 0.1) is 0 Å². The number of aromatic nitrogens is 2. The minimum atomic E-state index is -0.717. The molecule has 2 aromatic carbocycles. The van der Waals surface area contributed by atoms with Gasteiger partial charge in [-0.05, 0) is 60.6 Å². The van der Waals surface area contributed by atoms with Crippen LogP contribution in [0.1, 0.15) is 93.3 Å². The summed E-state index contributed by atoms with van der Waals surface area (Å²) in [6, 6.07) is 19.1. The number of nitrogens with zero attached hydrogens (tertiary/aromatic N) is 3. The molecule has 2 aromatic heterocycles. The molecule has 2 amide bonds. The lowest BCUT2D eigenvalue weighted by molar-refractivity contribution is -0.132. The Kier molecular flexibility index (Phi) is 11.9. The van der Waals surface area contributed by atoms with E-state index in [1.165, 1.54) is 37.0 Å². The van der Waals surface area contributed by atoms with E-state index in [1.807, 2.05) is 80.0 Å². The van der Waals surface area contributed by atoms with Crippen molar-refractivity contribution in [2.45, 2.75) is 96.6 Å². The Hall–Kier alpha value is -4.08. The summed E-state index contributed by atoms with van der Waals surface area (Å²) >= 11 is 1.47. The van der Waals surface area contributed by atoms with E-state index in [9.17, 15) is 9.59 Å². The second kappa shape index (κ2) is 16.1. The molecule has 2 unspecified atom stereocenters. The maximum absolute atomic E-state index is 13.7. The standard InChI is InChI=1S/C40H51N5O3S/c1-6-7-8-9-10-23-48-32-17-15-29(16-18-32)31-25-42-36(43-26-31)30-13-11-28(12-14-30)24-33(38(47)45-22-21-40(5,41)27-45)44-37(46)34-19-20-35(49-34)39(2,3)4/h11-20,25-26,33H,6-10,21-24,27,41H2,1-5H3,(H,44,46). The lowest BCUT2D eigenvalue weighted by atomic mass is 9.95. The Morgan fingerprint density at radius 3 is 2.22 bits per heavy atom. The van der Waals surface area contributed by atoms with E-state index in [1.54, 1.807) is 4.90 Å². The average molecular weight is 682 g/mol. The second-order valence-electron chi connectivity index (χ2n) is 14.6. The zero-order valence-corrected chi connectivity index (χ0v) is 30.4. The average Bonchev–Trinajstić information content (AvgIpc) is 3.74. The summed E-state index contributed by atoms with van der Waals surface area (Å²) in [7, 11) is 0. The molecule has 8 nitrogen and oxygen atoms in total. The first-order chi connectivity index (χ1) is 23.4. The summed E-state index contributed by atoms with van der Waals surface area (Å²) in [6.45, 7) is 12.3. The lowest BCUT2D eigenvalue weighted by Gasteiger charge is -2.26. The van der Waals surface area contributed by atoms with Crippen molar-refractivity contribution in [2.24, 2.45) is 5.73 Å². The maximum Gasteiger partial charge on any atom is 0.262 e. The van der Waals surface area contributed by atoms with Crippen molar-refractivity contribution in [3.8, 4) is 28.3 Å². The fourth-order valence-corrected chi connectivity index (χ4v) is 6.94. The number of likely N-dealkylation sites (tertiary alicyclic amines) is 1. The highest BCUT2D eigenvalue weighted by atomic mass is 32.1. The van der Waals surface area contributed by atoms with Crippen LogP contribution in [0.3, 0.4) is 0 Å². The molecule has 5 rings (SSSR count). The lowest BCUT2D eigenvalue weighted by Crippen LogP contribution is -2.50. The molecular formula is C40H51N5O3S. The van der Waals surface area contributed by atoms with Gasteiger partial charge in [-0.2, -0.15) is 0 Å². The highest BCUT2D eigenvalue weighted by Gasteiger charge is 2.36. The Bertz CT molecular complexity index is 1670. The molecule has 260 valence electrons. The molecule has 4 aromatic rings. The topological polar surface area (TPSA) is 110 Å². The number of benzene rings is 2. The van der Waals surface area contributed by atoms with Gasteiger partial charge in [-0.1, -0.05) is 89.8 Å². The highest BCUT2D eigenvalue weighted by Crippen LogP contribution is 2.30. The number of hydrogen-bond donors (Lipinski definition) is 2. The molecule has 9 heteroatoms. The Labute approximate surface area is 295 Å². The Morgan fingerprint density at radius 2 is 1.61 bits per heavy atom. The van der Waals surface area contributed by atoms with Crippen LogP contribution in [0.5, 0.6) is 5.75 Å². The minimum Gasteiger partial charge on any atom is -0.494 e. The molecule has 1 fully saturated rings. The molecule has 49 heavy (non-hydrogen) atoms. The third-order valence-electron chi connectivity index (χ3n) is 9.00. The van der Waals surface area contributed by atoms with Crippen molar-refractivity contribution in [2.75, 3.05) is 19.7 Å². The molecule has 1 saturated heterocycles. The molecule has 0 spiro atoms. The molecule has 1 aliphatic rings. The summed E-state index contributed by atoms with van der Waals surface area (Å²) in [5, 5.41) is 3.05. The minimum absolute atomic E-state index is 0.0565. The number of unbranched alkanes of at least 4 members (excludes halogenated alkanes) is 4. The number of ether oxygens (including phenoxy) is 1. The van der Waals surface area contributed by atoms with Crippen molar-refractivity contribution in [1.29, 1.82) is 0 Å². The zero-order valence-electron chi connectivity index (χ0n) is 29.6. The van der Waals surface area contributed by atoms with E-state index in [0.717, 1.165) is 52.3 Å². The van der Waals surface area contributed by atoms with E-state index in [0.29, 0.717) is 30.2 Å². The van der Waals surface area contributed by atoms with Crippen LogP contribution in [0.4, 0.5) is 0 Å². The van der Waals surface area contributed by atoms with Gasteiger partial charge in [0.1, 0.15) is 11.8 Å². The molecular weight excluding hydrogens is 631 g/mol. The molecule has 2 atom stereocenters. The smallest absolute Gasteiger partial charge is 0.262 e. The largest absolute Gasteiger partial charge is 0.494 e. The third-order valence-corrected chi connectivity index (χ3v) is 10.5. The van der Waals surface area contributed by atoms with Crippen molar-refractivity contribution in [1.82, 2.24) is 20.2 Å². The molecule has 0 aliphatic carbocycles. The van der Waals surface area contributed by atoms with Crippen LogP contribution in [-0.4, -0.2) is 58.0 Å². The van der Waals surface area contributed by atoms with E-state index in [4.69, 9.17) is 10.5 Å². The number of thiophene rings is 1. The van der Waals surface area contributed by atoms with E-state index in [2.05, 4.69) is 43.0 Å². The fourth-order valence-electron chi connectivity index (χ4n) is 5.98. The van der Waals surface area contributed by atoms with E-state index >= 15 is 0 Å². The van der Waals surface area contributed by atoms with Gasteiger partial charge in [-0.3, -0.25) is 9.59 Å². The van der Waals surface area contributed by atoms with Crippen LogP contribution in [0.15, 0.2) is 73.1 Å². The number of hydrogen-bond acceptors (Lipinski definition) is 7. The van der Waals surface area contributed by atoms with Gasteiger partial charge in [0.2, 0.25) is 5.91 Å². The van der Waals surface area contributed by atoms with Crippen LogP contribution in [0.2, 0.25) is 0 Å². The molecule has 3 heterocycles.